The Hall–Kier alpha value is -1.24. The minimum absolute atomic E-state index is 0.0162. The summed E-state index contributed by atoms with van der Waals surface area (Å²) in [6, 6.07) is 0. The highest BCUT2D eigenvalue weighted by Crippen LogP contribution is 2.74. The molecule has 7 rings (SSSR count). The van der Waals surface area contributed by atoms with Gasteiger partial charge in [-0.05, 0) is 149 Å². The highest BCUT2D eigenvalue weighted by atomic mass is 32.2. The summed E-state index contributed by atoms with van der Waals surface area (Å²) in [6.45, 7) is 22.7. The molecule has 0 aromatic heterocycles. The van der Waals surface area contributed by atoms with Gasteiger partial charge < -0.3 is 15.0 Å². The van der Waals surface area contributed by atoms with Crippen molar-refractivity contribution in [2.45, 2.75) is 137 Å². The van der Waals surface area contributed by atoms with Crippen LogP contribution in [-0.2, 0) is 20.3 Å². The van der Waals surface area contributed by atoms with Crippen molar-refractivity contribution in [3.63, 3.8) is 0 Å². The Balaban J connectivity index is 0.00000139. The van der Waals surface area contributed by atoms with Crippen molar-refractivity contribution in [1.29, 1.82) is 0 Å². The second-order valence-corrected chi connectivity index (χ2v) is 20.1. The van der Waals surface area contributed by atoms with Gasteiger partial charge in [0.2, 0.25) is 0 Å². The zero-order valence-electron chi connectivity index (χ0n) is 32.8. The van der Waals surface area contributed by atoms with Crippen LogP contribution in [-0.4, -0.2) is 64.9 Å². The topological polar surface area (TPSA) is 58.6 Å². The smallest absolute Gasteiger partial charge is 0.308 e. The van der Waals surface area contributed by atoms with Crippen LogP contribution in [0.25, 0.3) is 0 Å². The molecule has 7 unspecified atom stereocenters. The number of hydrogen-bond donors (Lipinski definition) is 1. The lowest BCUT2D eigenvalue weighted by Crippen LogP contribution is -2.67. The molecule has 1 N–H and O–H groups in total. The van der Waals surface area contributed by atoms with Crippen LogP contribution in [0, 0.1) is 51.8 Å². The first kappa shape index (κ1) is 38.5. The molecule has 50 heavy (non-hydrogen) atoms. The number of nitrogens with zero attached hydrogens (tertiary/aromatic N) is 1. The van der Waals surface area contributed by atoms with E-state index in [1.165, 1.54) is 64.2 Å². The number of fused-ring (bicyclic) bond motifs is 7. The van der Waals surface area contributed by atoms with Gasteiger partial charge in [-0.15, -0.1) is 6.58 Å². The van der Waals surface area contributed by atoms with Crippen LogP contribution in [0.15, 0.2) is 36.0 Å². The van der Waals surface area contributed by atoms with Gasteiger partial charge in [0.05, 0.1) is 12.5 Å². The first-order valence-electron chi connectivity index (χ1n) is 20.9. The molecule has 0 amide bonds. The normalized spacial score (nSPS) is 43.2. The molecule has 0 bridgehead atoms. The molecule has 6 heteroatoms. The van der Waals surface area contributed by atoms with E-state index in [2.05, 4.69) is 56.6 Å². The van der Waals surface area contributed by atoms with Gasteiger partial charge in [-0.1, -0.05) is 57.9 Å². The first-order chi connectivity index (χ1) is 23.9. The summed E-state index contributed by atoms with van der Waals surface area (Å²) in [4.78, 5) is 14.8. The maximum atomic E-state index is 12.3. The molecule has 282 valence electrons. The predicted molar refractivity (Wildman–Crippen MR) is 209 cm³/mol. The van der Waals surface area contributed by atoms with Gasteiger partial charge in [0.15, 0.2) is 0 Å². The summed E-state index contributed by atoms with van der Waals surface area (Å²) in [5.41, 5.74) is 4.77. The number of carbonyl (C=O) groups is 1. The van der Waals surface area contributed by atoms with E-state index >= 15 is 0 Å². The molecule has 1 aliphatic heterocycles. The Bertz CT molecular complexity index is 1310. The number of allylic oxidation sites excluding steroid dienone is 5. The Morgan fingerprint density at radius 3 is 2.40 bits per heavy atom. The van der Waals surface area contributed by atoms with Crippen LogP contribution in [0.3, 0.4) is 0 Å². The van der Waals surface area contributed by atoms with Gasteiger partial charge in [0, 0.05) is 54.0 Å². The maximum Gasteiger partial charge on any atom is 0.308 e. The number of nitrogens with one attached hydrogen (secondary N) is 1. The quantitative estimate of drug-likeness (QED) is 0.211. The monoisotopic (exact) mass is 709 g/mol. The molecule has 5 saturated carbocycles. The summed E-state index contributed by atoms with van der Waals surface area (Å²) in [5.74, 6) is 5.73. The van der Waals surface area contributed by atoms with E-state index in [4.69, 9.17) is 4.74 Å². The SMILES string of the molecule is C=CC.CCOC(=O)C1CCC(=CC2=CCC3(C)C(CCC4(C)C3CCC3[C@H]5CCCC5(NCCN5CCS(=O)CC5)CC[C@]34C)C2C)CC1. The number of ether oxygens (including phenoxy) is 1. The second-order valence-electron chi connectivity index (χ2n) is 18.4. The van der Waals surface area contributed by atoms with Crippen molar-refractivity contribution < 1.29 is 13.7 Å². The van der Waals surface area contributed by atoms with E-state index in [-0.39, 0.29) is 11.9 Å². The van der Waals surface area contributed by atoms with E-state index in [1.54, 1.807) is 17.2 Å². The molecule has 0 aromatic rings. The minimum atomic E-state index is -0.589. The van der Waals surface area contributed by atoms with Crippen LogP contribution < -0.4 is 5.32 Å². The van der Waals surface area contributed by atoms with Gasteiger partial charge in [0.25, 0.3) is 0 Å². The standard InChI is InChI=1S/C41H66N2O3S.C3H6/c1-6-46-37(44)31-11-9-30(10-12-31)28-32-15-18-38(3)33(29(32)2)16-19-40(5)36(38)14-13-34-35-8-7-17-41(35,21-20-39(34,40)4)42-22-23-43-24-26-47(45)27-25-43;1-3-2/h15,28-29,31,33-36,42H,6-14,16-27H2,1-5H3;3H,1H2,2H3/t29?,31?,33?,34?,35-,36?,38?,39-,40?,41?;/m1./s1. The summed E-state index contributed by atoms with van der Waals surface area (Å²) < 4.78 is 17.2. The fourth-order valence-corrected chi connectivity index (χ4v) is 14.7. The molecule has 0 radical (unpaired) electrons. The molecular weight excluding hydrogens is 637 g/mol. The van der Waals surface area contributed by atoms with Gasteiger partial charge >= 0.3 is 5.97 Å². The van der Waals surface area contributed by atoms with Gasteiger partial charge in [-0.3, -0.25) is 9.00 Å². The molecule has 0 spiro atoms. The molecule has 7 aliphatic rings. The first-order valence-corrected chi connectivity index (χ1v) is 22.4. The third kappa shape index (κ3) is 6.94. The van der Waals surface area contributed by atoms with Gasteiger partial charge in [0.1, 0.15) is 0 Å². The van der Waals surface area contributed by atoms with Crippen molar-refractivity contribution in [3.8, 4) is 0 Å². The van der Waals surface area contributed by atoms with Crippen molar-refractivity contribution in [2.24, 2.45) is 51.8 Å². The number of rotatable bonds is 7. The molecular formula is C44H72N2O3S. The van der Waals surface area contributed by atoms with E-state index in [1.807, 2.05) is 13.8 Å². The predicted octanol–water partition coefficient (Wildman–Crippen LogP) is 9.27. The zero-order chi connectivity index (χ0) is 35.7. The maximum absolute atomic E-state index is 12.3. The average molecular weight is 709 g/mol. The Morgan fingerprint density at radius 1 is 0.980 bits per heavy atom. The van der Waals surface area contributed by atoms with Crippen molar-refractivity contribution in [3.05, 3.63) is 36.0 Å². The van der Waals surface area contributed by atoms with Crippen LogP contribution in [0.1, 0.15) is 131 Å². The van der Waals surface area contributed by atoms with Crippen LogP contribution >= 0.6 is 0 Å². The Kier molecular flexibility index (Phi) is 12.0. The minimum Gasteiger partial charge on any atom is -0.466 e. The van der Waals surface area contributed by atoms with Crippen LogP contribution in [0.4, 0.5) is 0 Å². The van der Waals surface area contributed by atoms with E-state index in [0.29, 0.717) is 34.3 Å². The lowest BCUT2D eigenvalue weighted by atomic mass is 9.34. The number of hydrogen-bond acceptors (Lipinski definition) is 5. The summed E-state index contributed by atoms with van der Waals surface area (Å²) in [5, 5.41) is 4.25. The lowest BCUT2D eigenvalue weighted by molar-refractivity contribution is -0.212. The second kappa shape index (κ2) is 15.6. The molecule has 6 aliphatic carbocycles. The lowest BCUT2D eigenvalue weighted by Gasteiger charge is -2.71. The van der Waals surface area contributed by atoms with E-state index < -0.39 is 10.8 Å². The fraction of sp³-hybridized carbons (Fsp3) is 0.841. The number of esters is 1. The Morgan fingerprint density at radius 2 is 1.70 bits per heavy atom. The zero-order valence-corrected chi connectivity index (χ0v) is 33.6. The molecule has 5 nitrogen and oxygen atoms in total. The van der Waals surface area contributed by atoms with Crippen molar-refractivity contribution >= 4 is 16.8 Å². The van der Waals surface area contributed by atoms with Crippen LogP contribution in [0.2, 0.25) is 0 Å². The van der Waals surface area contributed by atoms with Gasteiger partial charge in [-0.25, -0.2) is 0 Å². The number of carbonyl (C=O) groups excluding carboxylic acids is 1. The summed E-state index contributed by atoms with van der Waals surface area (Å²) in [6.07, 6.45) is 24.8. The van der Waals surface area contributed by atoms with Crippen molar-refractivity contribution in [2.75, 3.05) is 44.3 Å². The highest BCUT2D eigenvalue weighted by molar-refractivity contribution is 7.85. The fourth-order valence-electron chi connectivity index (χ4n) is 13.6. The highest BCUT2D eigenvalue weighted by Gasteiger charge is 2.68. The summed E-state index contributed by atoms with van der Waals surface area (Å²) in [7, 11) is -0.589. The average Bonchev–Trinajstić information content (AvgIpc) is 3.52. The van der Waals surface area contributed by atoms with E-state index in [9.17, 15) is 9.00 Å². The molecule has 1 saturated heterocycles. The molecule has 9 atom stereocenters. The molecule has 6 fully saturated rings. The van der Waals surface area contributed by atoms with Crippen LogP contribution in [0.5, 0.6) is 0 Å². The van der Waals surface area contributed by atoms with Crippen molar-refractivity contribution in [1.82, 2.24) is 10.2 Å². The summed E-state index contributed by atoms with van der Waals surface area (Å²) >= 11 is 0. The van der Waals surface area contributed by atoms with Gasteiger partial charge in [-0.2, -0.15) is 0 Å². The largest absolute Gasteiger partial charge is 0.466 e. The third-order valence-corrected chi connectivity index (χ3v) is 17.7. The molecule has 0 aromatic carbocycles. The third-order valence-electron chi connectivity index (χ3n) is 16.4. The van der Waals surface area contributed by atoms with E-state index in [0.717, 1.165) is 87.0 Å². The molecule has 1 heterocycles. The Labute approximate surface area is 308 Å².